The van der Waals surface area contributed by atoms with Gasteiger partial charge >= 0.3 is 0 Å². The van der Waals surface area contributed by atoms with Gasteiger partial charge in [0.15, 0.2) is 9.84 Å². The van der Waals surface area contributed by atoms with E-state index in [1.807, 2.05) is 0 Å². The molecule has 0 spiro atoms. The van der Waals surface area contributed by atoms with Gasteiger partial charge in [0, 0.05) is 0 Å². The summed E-state index contributed by atoms with van der Waals surface area (Å²) in [4.78, 5) is 12.0. The molecule has 100 valence electrons. The minimum Gasteiger partial charge on any atom is -0.349 e. The Morgan fingerprint density at radius 2 is 2.00 bits per heavy atom. The molecule has 1 amide bonds. The molecular weight excluding hydrogens is 262 g/mol. The van der Waals surface area contributed by atoms with Crippen LogP contribution >= 0.6 is 11.6 Å². The summed E-state index contributed by atoms with van der Waals surface area (Å²) in [5, 5.41) is 1.57. The minimum absolute atomic E-state index is 0.113. The lowest BCUT2D eigenvalue weighted by molar-refractivity contribution is -0.122. The Balaban J connectivity index is 2.77. The molecule has 1 fully saturated rings. The van der Waals surface area contributed by atoms with Gasteiger partial charge in [-0.3, -0.25) is 4.79 Å². The third-order valence-electron chi connectivity index (χ3n) is 3.31. The molecule has 1 saturated heterocycles. The number of halogens is 1. The van der Waals surface area contributed by atoms with Crippen LogP contribution in [0, 0.1) is 0 Å². The van der Waals surface area contributed by atoms with Crippen LogP contribution in [-0.4, -0.2) is 36.2 Å². The first kappa shape index (κ1) is 14.8. The van der Waals surface area contributed by atoms with E-state index >= 15 is 0 Å². The maximum absolute atomic E-state index is 12.0. The van der Waals surface area contributed by atoms with E-state index in [1.165, 1.54) is 0 Å². The van der Waals surface area contributed by atoms with Gasteiger partial charge in [-0.1, -0.05) is 6.42 Å². The van der Waals surface area contributed by atoms with Crippen LogP contribution in [0.5, 0.6) is 0 Å². The number of hydrogen-bond donors (Lipinski definition) is 1. The van der Waals surface area contributed by atoms with Gasteiger partial charge in [0.05, 0.1) is 16.7 Å². The molecule has 2 unspecified atom stereocenters. The van der Waals surface area contributed by atoms with E-state index in [1.54, 1.807) is 20.8 Å². The minimum atomic E-state index is -3.28. The van der Waals surface area contributed by atoms with E-state index < -0.39 is 26.5 Å². The number of nitrogens with one attached hydrogen (secondary N) is 1. The van der Waals surface area contributed by atoms with Gasteiger partial charge in [-0.25, -0.2) is 8.42 Å². The van der Waals surface area contributed by atoms with Crippen LogP contribution in [0.2, 0.25) is 0 Å². The average Bonchev–Trinajstić information content (AvgIpc) is 2.15. The van der Waals surface area contributed by atoms with Crippen LogP contribution in [0.1, 0.15) is 40.0 Å². The molecule has 17 heavy (non-hydrogen) atoms. The number of hydrogen-bond acceptors (Lipinski definition) is 3. The van der Waals surface area contributed by atoms with Crippen molar-refractivity contribution < 1.29 is 13.2 Å². The molecule has 0 aliphatic carbocycles. The van der Waals surface area contributed by atoms with Gasteiger partial charge in [0.2, 0.25) is 5.91 Å². The monoisotopic (exact) mass is 281 g/mol. The molecule has 1 N–H and O–H groups in total. The first-order valence-electron chi connectivity index (χ1n) is 5.84. The van der Waals surface area contributed by atoms with E-state index in [4.69, 9.17) is 11.6 Å². The topological polar surface area (TPSA) is 63.2 Å². The van der Waals surface area contributed by atoms with E-state index in [0.717, 1.165) is 6.42 Å². The largest absolute Gasteiger partial charge is 0.349 e. The van der Waals surface area contributed by atoms with Crippen LogP contribution in [-0.2, 0) is 14.6 Å². The highest BCUT2D eigenvalue weighted by molar-refractivity contribution is 7.92. The number of sulfone groups is 1. The summed E-state index contributed by atoms with van der Waals surface area (Å²) >= 11 is 5.96. The fourth-order valence-electron chi connectivity index (χ4n) is 1.75. The predicted octanol–water partition coefficient (Wildman–Crippen LogP) is 1.48. The lowest BCUT2D eigenvalue weighted by atomic mass is 10.0. The standard InChI is InChI=1S/C11H20ClNO3S/c1-8(12)11(2,3)13-10(14)9-6-4-5-7-17(9,15)16/h8-9H,4-7H2,1-3H3,(H,13,14). The van der Waals surface area contributed by atoms with Gasteiger partial charge in [0.1, 0.15) is 5.25 Å². The molecular formula is C11H20ClNO3S. The smallest absolute Gasteiger partial charge is 0.238 e. The second kappa shape index (κ2) is 5.14. The maximum atomic E-state index is 12.0. The lowest BCUT2D eigenvalue weighted by Crippen LogP contribution is -2.54. The van der Waals surface area contributed by atoms with E-state index in [9.17, 15) is 13.2 Å². The Kier molecular flexibility index (Phi) is 4.47. The Morgan fingerprint density at radius 1 is 1.41 bits per heavy atom. The zero-order chi connectivity index (χ0) is 13.3. The SMILES string of the molecule is CC(Cl)C(C)(C)NC(=O)C1CCCCS1(=O)=O. The summed E-state index contributed by atoms with van der Waals surface area (Å²) < 4.78 is 23.6. The molecule has 1 rings (SSSR count). The summed E-state index contributed by atoms with van der Waals surface area (Å²) in [6.45, 7) is 5.35. The Hall–Kier alpha value is -0.290. The number of carbonyl (C=O) groups excluding carboxylic acids is 1. The third-order valence-corrected chi connectivity index (χ3v) is 6.03. The van der Waals surface area contributed by atoms with E-state index in [0.29, 0.717) is 12.8 Å². The Labute approximate surface area is 108 Å². The van der Waals surface area contributed by atoms with Gasteiger partial charge in [-0.05, 0) is 33.6 Å². The van der Waals surface area contributed by atoms with E-state index in [-0.39, 0.29) is 11.1 Å². The molecule has 1 aliphatic heterocycles. The molecule has 1 heterocycles. The van der Waals surface area contributed by atoms with Crippen LogP contribution in [0.3, 0.4) is 0 Å². The van der Waals surface area contributed by atoms with Crippen molar-refractivity contribution in [2.75, 3.05) is 5.75 Å². The van der Waals surface area contributed by atoms with Crippen molar-refractivity contribution in [3.05, 3.63) is 0 Å². The van der Waals surface area contributed by atoms with Gasteiger partial charge in [-0.2, -0.15) is 0 Å². The summed E-state index contributed by atoms with van der Waals surface area (Å²) in [6.07, 6.45) is 1.86. The van der Waals surface area contributed by atoms with Crippen molar-refractivity contribution in [1.82, 2.24) is 5.32 Å². The second-order valence-corrected chi connectivity index (χ2v) is 8.14. The molecule has 0 radical (unpaired) electrons. The quantitative estimate of drug-likeness (QED) is 0.797. The number of rotatable bonds is 3. The fraction of sp³-hybridized carbons (Fsp3) is 0.909. The highest BCUT2D eigenvalue weighted by Crippen LogP contribution is 2.22. The number of amides is 1. The highest BCUT2D eigenvalue weighted by Gasteiger charge is 2.37. The summed E-state index contributed by atoms with van der Waals surface area (Å²) in [5.74, 6) is -0.302. The average molecular weight is 282 g/mol. The van der Waals surface area contributed by atoms with Crippen molar-refractivity contribution in [3.63, 3.8) is 0 Å². The highest BCUT2D eigenvalue weighted by atomic mass is 35.5. The first-order chi connectivity index (χ1) is 7.67. The van der Waals surface area contributed by atoms with Crippen LogP contribution < -0.4 is 5.32 Å². The van der Waals surface area contributed by atoms with Gasteiger partial charge < -0.3 is 5.32 Å². The van der Waals surface area contributed by atoms with E-state index in [2.05, 4.69) is 5.32 Å². The maximum Gasteiger partial charge on any atom is 0.238 e. The predicted molar refractivity (Wildman–Crippen MR) is 69.0 cm³/mol. The molecule has 4 nitrogen and oxygen atoms in total. The fourth-order valence-corrected chi connectivity index (χ4v) is 3.60. The van der Waals surface area contributed by atoms with Gasteiger partial charge in [-0.15, -0.1) is 11.6 Å². The normalized spacial score (nSPS) is 26.2. The molecule has 6 heteroatoms. The molecule has 1 aliphatic rings. The summed E-state index contributed by atoms with van der Waals surface area (Å²) in [5.41, 5.74) is -0.606. The Bertz CT molecular complexity index is 390. The number of alkyl halides is 1. The van der Waals surface area contributed by atoms with Crippen LogP contribution in [0.15, 0.2) is 0 Å². The van der Waals surface area contributed by atoms with Crippen molar-refractivity contribution in [2.45, 2.75) is 56.2 Å². The van der Waals surface area contributed by atoms with Crippen LogP contribution in [0.25, 0.3) is 0 Å². The lowest BCUT2D eigenvalue weighted by Gasteiger charge is -2.31. The zero-order valence-electron chi connectivity index (χ0n) is 10.5. The molecule has 0 saturated carbocycles. The molecule has 0 bridgehead atoms. The first-order valence-corrected chi connectivity index (χ1v) is 7.99. The second-order valence-electron chi connectivity index (χ2n) is 5.18. The Morgan fingerprint density at radius 3 is 2.47 bits per heavy atom. The molecule has 0 aromatic carbocycles. The molecule has 0 aromatic rings. The summed E-state index contributed by atoms with van der Waals surface area (Å²) in [7, 11) is -3.28. The number of carbonyl (C=O) groups is 1. The van der Waals surface area contributed by atoms with Crippen molar-refractivity contribution in [2.24, 2.45) is 0 Å². The molecule has 0 aromatic heterocycles. The third kappa shape index (κ3) is 3.58. The molecule has 2 atom stereocenters. The van der Waals surface area contributed by atoms with Crippen molar-refractivity contribution >= 4 is 27.3 Å². The van der Waals surface area contributed by atoms with Gasteiger partial charge in [0.25, 0.3) is 0 Å². The zero-order valence-corrected chi connectivity index (χ0v) is 12.1. The van der Waals surface area contributed by atoms with Crippen molar-refractivity contribution in [3.8, 4) is 0 Å². The van der Waals surface area contributed by atoms with Crippen LogP contribution in [0.4, 0.5) is 0 Å². The summed E-state index contributed by atoms with van der Waals surface area (Å²) in [6, 6.07) is 0. The van der Waals surface area contributed by atoms with Crippen molar-refractivity contribution in [1.29, 1.82) is 0 Å².